The van der Waals surface area contributed by atoms with E-state index in [4.69, 9.17) is 10.5 Å². The number of imidazole rings is 1. The van der Waals surface area contributed by atoms with Gasteiger partial charge in [0, 0.05) is 4.47 Å². The van der Waals surface area contributed by atoms with Crippen LogP contribution in [-0.2, 0) is 6.54 Å². The SMILES string of the molecule is Nc1nc2ccc(Br)cc2n1CCOc1ccccc1. The Hall–Kier alpha value is -2.01. The number of nitrogen functional groups attached to an aromatic ring is 1. The van der Waals surface area contributed by atoms with Crippen molar-refractivity contribution < 1.29 is 4.74 Å². The molecule has 3 rings (SSSR count). The van der Waals surface area contributed by atoms with E-state index in [-0.39, 0.29) is 0 Å². The maximum absolute atomic E-state index is 5.96. The molecule has 0 aliphatic carbocycles. The number of rotatable bonds is 4. The molecule has 102 valence electrons. The predicted molar refractivity (Wildman–Crippen MR) is 83.8 cm³/mol. The highest BCUT2D eigenvalue weighted by Crippen LogP contribution is 2.22. The molecule has 5 heteroatoms. The van der Waals surface area contributed by atoms with Crippen molar-refractivity contribution in [2.45, 2.75) is 6.54 Å². The number of ether oxygens (including phenoxy) is 1. The van der Waals surface area contributed by atoms with Crippen LogP contribution in [0.2, 0.25) is 0 Å². The first kappa shape index (κ1) is 13.0. The summed E-state index contributed by atoms with van der Waals surface area (Å²) in [6, 6.07) is 15.7. The average molecular weight is 332 g/mol. The Morgan fingerprint density at radius 2 is 1.95 bits per heavy atom. The second-order valence-electron chi connectivity index (χ2n) is 4.42. The lowest BCUT2D eigenvalue weighted by atomic mass is 10.3. The molecule has 2 N–H and O–H groups in total. The molecule has 4 nitrogen and oxygen atoms in total. The summed E-state index contributed by atoms with van der Waals surface area (Å²) in [6.07, 6.45) is 0. The first-order valence-electron chi connectivity index (χ1n) is 6.33. The van der Waals surface area contributed by atoms with E-state index in [9.17, 15) is 0 Å². The van der Waals surface area contributed by atoms with Crippen LogP contribution in [0.15, 0.2) is 53.0 Å². The van der Waals surface area contributed by atoms with Crippen LogP contribution >= 0.6 is 15.9 Å². The Morgan fingerprint density at radius 3 is 2.75 bits per heavy atom. The van der Waals surface area contributed by atoms with Gasteiger partial charge in [-0.05, 0) is 30.3 Å². The fraction of sp³-hybridized carbons (Fsp3) is 0.133. The van der Waals surface area contributed by atoms with Crippen molar-refractivity contribution in [1.82, 2.24) is 9.55 Å². The monoisotopic (exact) mass is 331 g/mol. The van der Waals surface area contributed by atoms with Crippen molar-refractivity contribution in [2.24, 2.45) is 0 Å². The zero-order valence-electron chi connectivity index (χ0n) is 10.8. The van der Waals surface area contributed by atoms with Crippen LogP contribution < -0.4 is 10.5 Å². The van der Waals surface area contributed by atoms with Gasteiger partial charge in [0.2, 0.25) is 5.95 Å². The minimum absolute atomic E-state index is 0.509. The van der Waals surface area contributed by atoms with Crippen LogP contribution in [0.5, 0.6) is 5.75 Å². The molecule has 0 spiro atoms. The van der Waals surface area contributed by atoms with Crippen molar-refractivity contribution in [3.63, 3.8) is 0 Å². The maximum Gasteiger partial charge on any atom is 0.201 e. The summed E-state index contributed by atoms with van der Waals surface area (Å²) < 4.78 is 8.67. The van der Waals surface area contributed by atoms with Crippen molar-refractivity contribution in [3.05, 3.63) is 53.0 Å². The van der Waals surface area contributed by atoms with Gasteiger partial charge in [-0.3, -0.25) is 0 Å². The van der Waals surface area contributed by atoms with E-state index >= 15 is 0 Å². The number of fused-ring (bicyclic) bond motifs is 1. The molecule has 0 radical (unpaired) electrons. The van der Waals surface area contributed by atoms with Gasteiger partial charge < -0.3 is 15.0 Å². The van der Waals surface area contributed by atoms with E-state index in [1.807, 2.05) is 53.1 Å². The van der Waals surface area contributed by atoms with E-state index in [1.54, 1.807) is 0 Å². The molecule has 0 saturated heterocycles. The van der Waals surface area contributed by atoms with E-state index in [0.717, 1.165) is 21.3 Å². The molecule has 0 unspecified atom stereocenters. The molecule has 0 aliphatic rings. The van der Waals surface area contributed by atoms with Gasteiger partial charge in [0.15, 0.2) is 0 Å². The first-order valence-corrected chi connectivity index (χ1v) is 7.12. The highest BCUT2D eigenvalue weighted by atomic mass is 79.9. The molecule has 0 bridgehead atoms. The minimum Gasteiger partial charge on any atom is -0.492 e. The van der Waals surface area contributed by atoms with E-state index in [1.165, 1.54) is 0 Å². The quantitative estimate of drug-likeness (QED) is 0.796. The maximum atomic E-state index is 5.96. The lowest BCUT2D eigenvalue weighted by molar-refractivity contribution is 0.301. The number of halogens is 1. The van der Waals surface area contributed by atoms with Gasteiger partial charge in [0.25, 0.3) is 0 Å². The van der Waals surface area contributed by atoms with Crippen molar-refractivity contribution >= 4 is 32.9 Å². The lowest BCUT2D eigenvalue weighted by Gasteiger charge is -2.08. The summed E-state index contributed by atoms with van der Waals surface area (Å²) in [7, 11) is 0. The molecule has 20 heavy (non-hydrogen) atoms. The van der Waals surface area contributed by atoms with Crippen LogP contribution in [0.1, 0.15) is 0 Å². The van der Waals surface area contributed by atoms with Gasteiger partial charge in [-0.15, -0.1) is 0 Å². The largest absolute Gasteiger partial charge is 0.492 e. The molecule has 3 aromatic rings. The number of nitrogens with zero attached hydrogens (tertiary/aromatic N) is 2. The molecule has 0 amide bonds. The predicted octanol–water partition coefficient (Wildman–Crippen LogP) is 3.46. The van der Waals surface area contributed by atoms with Crippen LogP contribution in [0.4, 0.5) is 5.95 Å². The molecule has 0 aliphatic heterocycles. The van der Waals surface area contributed by atoms with Crippen molar-refractivity contribution in [1.29, 1.82) is 0 Å². The average Bonchev–Trinajstić information content (AvgIpc) is 2.76. The van der Waals surface area contributed by atoms with Gasteiger partial charge in [-0.1, -0.05) is 34.1 Å². The number of nitrogens with two attached hydrogens (primary N) is 1. The molecular weight excluding hydrogens is 318 g/mol. The van der Waals surface area contributed by atoms with E-state index in [2.05, 4.69) is 20.9 Å². The van der Waals surface area contributed by atoms with Crippen LogP contribution in [0, 0.1) is 0 Å². The number of anilines is 1. The molecule has 0 saturated carbocycles. The van der Waals surface area contributed by atoms with E-state index < -0.39 is 0 Å². The number of benzene rings is 2. The molecule has 2 aromatic carbocycles. The third-order valence-electron chi connectivity index (χ3n) is 3.07. The van der Waals surface area contributed by atoms with Gasteiger partial charge in [-0.25, -0.2) is 4.98 Å². The van der Waals surface area contributed by atoms with Gasteiger partial charge in [0.05, 0.1) is 17.6 Å². The Balaban J connectivity index is 1.77. The third kappa shape index (κ3) is 2.63. The van der Waals surface area contributed by atoms with Crippen LogP contribution in [-0.4, -0.2) is 16.2 Å². The molecular formula is C15H14BrN3O. The highest BCUT2D eigenvalue weighted by molar-refractivity contribution is 9.10. The second-order valence-corrected chi connectivity index (χ2v) is 5.33. The van der Waals surface area contributed by atoms with E-state index in [0.29, 0.717) is 19.1 Å². The third-order valence-corrected chi connectivity index (χ3v) is 3.56. The zero-order valence-corrected chi connectivity index (χ0v) is 12.4. The summed E-state index contributed by atoms with van der Waals surface area (Å²) in [5, 5.41) is 0. The molecule has 0 atom stereocenters. The van der Waals surface area contributed by atoms with Crippen molar-refractivity contribution in [3.8, 4) is 5.75 Å². The molecule has 1 heterocycles. The first-order chi connectivity index (χ1) is 9.74. The Labute approximate surface area is 125 Å². The second kappa shape index (κ2) is 5.54. The zero-order chi connectivity index (χ0) is 13.9. The number of para-hydroxylation sites is 1. The summed E-state index contributed by atoms with van der Waals surface area (Å²) in [5.41, 5.74) is 7.87. The van der Waals surface area contributed by atoms with Gasteiger partial charge >= 0.3 is 0 Å². The van der Waals surface area contributed by atoms with Crippen LogP contribution in [0.25, 0.3) is 11.0 Å². The minimum atomic E-state index is 0.509. The summed E-state index contributed by atoms with van der Waals surface area (Å²) in [6.45, 7) is 1.21. The number of hydrogen-bond donors (Lipinski definition) is 1. The Kier molecular flexibility index (Phi) is 3.60. The summed E-state index contributed by atoms with van der Waals surface area (Å²) in [4.78, 5) is 4.34. The Morgan fingerprint density at radius 1 is 1.15 bits per heavy atom. The van der Waals surface area contributed by atoms with Crippen LogP contribution in [0.3, 0.4) is 0 Å². The highest BCUT2D eigenvalue weighted by Gasteiger charge is 2.08. The molecule has 1 aromatic heterocycles. The lowest BCUT2D eigenvalue weighted by Crippen LogP contribution is -2.10. The Bertz CT molecular complexity index is 725. The van der Waals surface area contributed by atoms with Gasteiger partial charge in [-0.2, -0.15) is 0 Å². The fourth-order valence-corrected chi connectivity index (χ4v) is 2.47. The van der Waals surface area contributed by atoms with Gasteiger partial charge in [0.1, 0.15) is 12.4 Å². The normalized spacial score (nSPS) is 10.8. The molecule has 0 fully saturated rings. The summed E-state index contributed by atoms with van der Waals surface area (Å²) in [5.74, 6) is 1.37. The summed E-state index contributed by atoms with van der Waals surface area (Å²) >= 11 is 3.47. The fourth-order valence-electron chi connectivity index (χ4n) is 2.12. The standard InChI is InChI=1S/C15H14BrN3O/c16-11-6-7-13-14(10-11)19(15(17)18-13)8-9-20-12-4-2-1-3-5-12/h1-7,10H,8-9H2,(H2,17,18). The topological polar surface area (TPSA) is 53.1 Å². The number of aromatic nitrogens is 2. The number of hydrogen-bond acceptors (Lipinski definition) is 3. The smallest absolute Gasteiger partial charge is 0.201 e. The van der Waals surface area contributed by atoms with Crippen molar-refractivity contribution in [2.75, 3.05) is 12.3 Å².